The molecule has 0 saturated carbocycles. The number of benzene rings is 1. The number of rotatable bonds is 10. The molecule has 1 saturated heterocycles. The average molecular weight is 579 g/mol. The third-order valence-electron chi connectivity index (χ3n) is 6.64. The van der Waals surface area contributed by atoms with Gasteiger partial charge in [0.05, 0.1) is 31.3 Å². The van der Waals surface area contributed by atoms with Crippen molar-refractivity contribution in [2.75, 3.05) is 26.1 Å². The summed E-state index contributed by atoms with van der Waals surface area (Å²) in [6, 6.07) is 7.58. The number of nitrogens with two attached hydrogens (primary N) is 1. The Labute approximate surface area is 233 Å². The van der Waals surface area contributed by atoms with Gasteiger partial charge < -0.3 is 34.4 Å². The quantitative estimate of drug-likeness (QED) is 0.206. The standard InChI is InChI=1S/C26H28ClFN4O8/c1-4-38-24(36)26(13(2)33,11-14-5-7-15(8-6-14)23(35)37-3)39-12-17-19(34)18(28)22(40-17)32-10-9-16-20(29)30-25(27)31-21(16)32/h5-10,17-19,22,34H,4,11-12H2,1-3H3,(H2,29,30,31)/t17-,18+,19-,22-,26?/m1/s1. The third-order valence-corrected chi connectivity index (χ3v) is 6.81. The molecule has 1 fully saturated rings. The largest absolute Gasteiger partial charge is 0.465 e. The number of carbonyl (C=O) groups is 3. The fraction of sp³-hybridized carbons (Fsp3) is 0.423. The Morgan fingerprint density at radius 3 is 2.55 bits per heavy atom. The van der Waals surface area contributed by atoms with Gasteiger partial charge in [0.2, 0.25) is 10.9 Å². The van der Waals surface area contributed by atoms with Crippen LogP contribution in [0.1, 0.15) is 36.0 Å². The highest BCUT2D eigenvalue weighted by atomic mass is 35.5. The highest BCUT2D eigenvalue weighted by Crippen LogP contribution is 2.36. The van der Waals surface area contributed by atoms with Crippen molar-refractivity contribution in [2.45, 2.75) is 50.5 Å². The predicted octanol–water partition coefficient (Wildman–Crippen LogP) is 2.20. The maximum Gasteiger partial charge on any atom is 0.346 e. The van der Waals surface area contributed by atoms with Crippen LogP contribution in [0.5, 0.6) is 0 Å². The van der Waals surface area contributed by atoms with Crippen molar-refractivity contribution >= 4 is 46.2 Å². The van der Waals surface area contributed by atoms with Gasteiger partial charge in [-0.25, -0.2) is 19.0 Å². The van der Waals surface area contributed by atoms with Gasteiger partial charge in [-0.05, 0) is 49.2 Å². The molecule has 4 rings (SSSR count). The minimum absolute atomic E-state index is 0.0378. The molecule has 0 amide bonds. The maximum atomic E-state index is 15.3. The Kier molecular flexibility index (Phi) is 8.68. The van der Waals surface area contributed by atoms with Crippen LogP contribution >= 0.6 is 11.6 Å². The fourth-order valence-electron chi connectivity index (χ4n) is 4.49. The Bertz CT molecular complexity index is 1420. The number of ether oxygens (including phenoxy) is 4. The zero-order chi connectivity index (χ0) is 29.2. The van der Waals surface area contributed by atoms with E-state index in [-0.39, 0.29) is 35.3 Å². The molecule has 1 aliphatic heterocycles. The van der Waals surface area contributed by atoms with Crippen LogP contribution < -0.4 is 5.73 Å². The van der Waals surface area contributed by atoms with Gasteiger partial charge in [-0.1, -0.05) is 12.1 Å². The van der Waals surface area contributed by atoms with E-state index >= 15 is 4.39 Å². The predicted molar refractivity (Wildman–Crippen MR) is 139 cm³/mol. The van der Waals surface area contributed by atoms with Crippen molar-refractivity contribution in [2.24, 2.45) is 0 Å². The number of nitrogen functional groups attached to an aromatic ring is 1. The minimum atomic E-state index is -2.13. The molecule has 12 nitrogen and oxygen atoms in total. The van der Waals surface area contributed by atoms with Gasteiger partial charge in [0.1, 0.15) is 23.7 Å². The van der Waals surface area contributed by atoms with Gasteiger partial charge in [-0.2, -0.15) is 4.98 Å². The molecule has 0 radical (unpaired) electrons. The minimum Gasteiger partial charge on any atom is -0.465 e. The van der Waals surface area contributed by atoms with E-state index in [1.807, 2.05) is 0 Å². The van der Waals surface area contributed by atoms with E-state index in [4.69, 9.17) is 31.5 Å². The highest BCUT2D eigenvalue weighted by molar-refractivity contribution is 6.28. The summed E-state index contributed by atoms with van der Waals surface area (Å²) < 4.78 is 38.1. The summed E-state index contributed by atoms with van der Waals surface area (Å²) in [5.41, 5.74) is 4.68. The molecule has 2 aromatic heterocycles. The van der Waals surface area contributed by atoms with E-state index in [9.17, 15) is 19.5 Å². The second kappa shape index (κ2) is 11.8. The zero-order valence-electron chi connectivity index (χ0n) is 21.9. The van der Waals surface area contributed by atoms with Gasteiger partial charge in [0, 0.05) is 12.6 Å². The van der Waals surface area contributed by atoms with E-state index in [1.165, 1.54) is 42.1 Å². The number of aliphatic hydroxyl groups is 1. The van der Waals surface area contributed by atoms with E-state index < -0.39 is 54.5 Å². The second-order valence-corrected chi connectivity index (χ2v) is 9.46. The molecule has 0 spiro atoms. The van der Waals surface area contributed by atoms with Gasteiger partial charge in [-0.3, -0.25) is 4.79 Å². The van der Waals surface area contributed by atoms with Crippen LogP contribution in [0.15, 0.2) is 36.5 Å². The summed E-state index contributed by atoms with van der Waals surface area (Å²) in [4.78, 5) is 45.7. The van der Waals surface area contributed by atoms with Gasteiger partial charge in [0.15, 0.2) is 18.2 Å². The van der Waals surface area contributed by atoms with Crippen LogP contribution in [0.25, 0.3) is 11.0 Å². The van der Waals surface area contributed by atoms with Crippen LogP contribution in [0.4, 0.5) is 10.2 Å². The number of carbonyl (C=O) groups excluding carboxylic acids is 3. The SMILES string of the molecule is CCOC(=O)C(Cc1ccc(C(=O)OC)cc1)(OC[C@H]1O[C@@H](n2ccc3c(N)nc(Cl)nc32)[C@@H](F)[C@@H]1O)C(C)=O. The Morgan fingerprint density at radius 2 is 1.93 bits per heavy atom. The van der Waals surface area contributed by atoms with Crippen LogP contribution in [-0.2, 0) is 35.0 Å². The Morgan fingerprint density at radius 1 is 1.23 bits per heavy atom. The molecule has 3 N–H and O–H groups in total. The number of halogens is 2. The van der Waals surface area contributed by atoms with Crippen LogP contribution in [-0.4, -0.2) is 81.7 Å². The smallest absolute Gasteiger partial charge is 0.346 e. The number of aliphatic hydroxyl groups excluding tert-OH is 1. The monoisotopic (exact) mass is 578 g/mol. The molecular weight excluding hydrogens is 551 g/mol. The summed E-state index contributed by atoms with van der Waals surface area (Å²) in [5, 5.41) is 10.9. The number of alkyl halides is 1. The van der Waals surface area contributed by atoms with E-state index in [0.717, 1.165) is 6.92 Å². The summed E-state index contributed by atoms with van der Waals surface area (Å²) in [6.07, 6.45) is -5.02. The van der Waals surface area contributed by atoms with Gasteiger partial charge in [-0.15, -0.1) is 0 Å². The van der Waals surface area contributed by atoms with Gasteiger partial charge >= 0.3 is 11.9 Å². The molecule has 5 atom stereocenters. The molecule has 1 unspecified atom stereocenters. The number of Topliss-reactive ketones (excluding diaryl/α,β-unsaturated/α-hetero) is 1. The Balaban J connectivity index is 1.58. The van der Waals surface area contributed by atoms with E-state index in [2.05, 4.69) is 14.7 Å². The van der Waals surface area contributed by atoms with Crippen molar-refractivity contribution in [3.63, 3.8) is 0 Å². The topological polar surface area (TPSA) is 165 Å². The van der Waals surface area contributed by atoms with E-state index in [1.54, 1.807) is 13.0 Å². The first kappa shape index (κ1) is 29.3. The number of methoxy groups -OCH3 is 1. The van der Waals surface area contributed by atoms with Crippen LogP contribution in [0.2, 0.25) is 5.28 Å². The second-order valence-electron chi connectivity index (χ2n) is 9.12. The van der Waals surface area contributed by atoms with Crippen molar-refractivity contribution in [1.29, 1.82) is 0 Å². The highest BCUT2D eigenvalue weighted by Gasteiger charge is 2.50. The number of fused-ring (bicyclic) bond motifs is 1. The zero-order valence-corrected chi connectivity index (χ0v) is 22.6. The molecule has 1 aromatic carbocycles. The molecule has 14 heteroatoms. The first-order valence-corrected chi connectivity index (χ1v) is 12.7. The molecule has 40 heavy (non-hydrogen) atoms. The average Bonchev–Trinajstić information content (AvgIpc) is 3.47. The first-order chi connectivity index (χ1) is 19.0. The number of ketones is 1. The molecule has 214 valence electrons. The summed E-state index contributed by atoms with van der Waals surface area (Å²) in [7, 11) is 1.24. The molecule has 3 aromatic rings. The van der Waals surface area contributed by atoms with Crippen molar-refractivity contribution < 1.29 is 42.8 Å². The number of hydrogen-bond acceptors (Lipinski definition) is 11. The van der Waals surface area contributed by atoms with Crippen LogP contribution in [0, 0.1) is 0 Å². The van der Waals surface area contributed by atoms with Gasteiger partial charge in [0.25, 0.3) is 0 Å². The number of nitrogens with zero attached hydrogens (tertiary/aromatic N) is 3. The Hall–Kier alpha value is -3.65. The molecular formula is C26H28ClFN4O8. The first-order valence-electron chi connectivity index (χ1n) is 12.3. The summed E-state index contributed by atoms with van der Waals surface area (Å²) in [6.45, 7) is 2.16. The molecule has 3 heterocycles. The number of esters is 2. The third kappa shape index (κ3) is 5.50. The molecule has 0 aliphatic carbocycles. The van der Waals surface area contributed by atoms with Crippen molar-refractivity contribution in [1.82, 2.24) is 14.5 Å². The number of aromatic nitrogens is 3. The lowest BCUT2D eigenvalue weighted by Gasteiger charge is -2.30. The summed E-state index contributed by atoms with van der Waals surface area (Å²) in [5.74, 6) is -2.11. The molecule has 1 aliphatic rings. The normalized spacial score (nSPS) is 22.1. The number of hydrogen-bond donors (Lipinski definition) is 2. The van der Waals surface area contributed by atoms with Crippen LogP contribution in [0.3, 0.4) is 0 Å². The fourth-order valence-corrected chi connectivity index (χ4v) is 4.66. The van der Waals surface area contributed by atoms with E-state index in [0.29, 0.717) is 10.9 Å². The maximum absolute atomic E-state index is 15.3. The van der Waals surface area contributed by atoms with Crippen molar-refractivity contribution in [3.8, 4) is 0 Å². The number of anilines is 1. The lowest BCUT2D eigenvalue weighted by Crippen LogP contribution is -2.52. The lowest BCUT2D eigenvalue weighted by atomic mass is 9.90. The lowest BCUT2D eigenvalue weighted by molar-refractivity contribution is -0.183. The summed E-state index contributed by atoms with van der Waals surface area (Å²) >= 11 is 5.92. The molecule has 0 bridgehead atoms. The van der Waals surface area contributed by atoms with Crippen molar-refractivity contribution in [3.05, 3.63) is 52.9 Å².